The van der Waals surface area contributed by atoms with Gasteiger partial charge in [0.25, 0.3) is 0 Å². The van der Waals surface area contributed by atoms with Crippen molar-refractivity contribution in [2.24, 2.45) is 0 Å². The molecule has 2 rings (SSSR count). The van der Waals surface area contributed by atoms with Gasteiger partial charge in [-0.2, -0.15) is 0 Å². The Balaban J connectivity index is 2.60. The van der Waals surface area contributed by atoms with Crippen molar-refractivity contribution in [3.63, 3.8) is 0 Å². The van der Waals surface area contributed by atoms with Gasteiger partial charge in [0.05, 0.1) is 12.3 Å². The van der Waals surface area contributed by atoms with Gasteiger partial charge in [0, 0.05) is 18.1 Å². The van der Waals surface area contributed by atoms with Gasteiger partial charge < -0.3 is 15.6 Å². The third-order valence-corrected chi connectivity index (χ3v) is 1.80. The number of benzene rings is 1. The van der Waals surface area contributed by atoms with Crippen LogP contribution in [-0.2, 0) is 6.42 Å². The second-order valence-electron chi connectivity index (χ2n) is 2.62. The molecule has 3 nitrogen and oxygen atoms in total. The molecule has 3 heteroatoms. The van der Waals surface area contributed by atoms with Crippen molar-refractivity contribution in [2.45, 2.75) is 6.42 Å². The van der Waals surface area contributed by atoms with Crippen LogP contribution >= 0.6 is 0 Å². The Bertz CT molecular complexity index is 296. The molecule has 0 radical (unpaired) electrons. The highest BCUT2D eigenvalue weighted by molar-refractivity contribution is 5.61. The Labute approximate surface area is 64.4 Å². The van der Waals surface area contributed by atoms with Crippen LogP contribution in [0.25, 0.3) is 0 Å². The molecule has 1 aliphatic heterocycles. The van der Waals surface area contributed by atoms with Crippen LogP contribution < -0.4 is 10.5 Å². The van der Waals surface area contributed by atoms with E-state index in [9.17, 15) is 0 Å². The number of hydrogen-bond donors (Lipinski definition) is 2. The largest absolute Gasteiger partial charge is 0.508 e. The number of ether oxygens (including phenoxy) is 1. The Hall–Kier alpha value is -1.38. The van der Waals surface area contributed by atoms with Crippen molar-refractivity contribution in [1.29, 1.82) is 0 Å². The maximum absolute atomic E-state index is 9.14. The average Bonchev–Trinajstić information content (AvgIpc) is 2.34. The Morgan fingerprint density at radius 3 is 3.09 bits per heavy atom. The van der Waals surface area contributed by atoms with E-state index in [1.807, 2.05) is 0 Å². The van der Waals surface area contributed by atoms with Crippen LogP contribution in [0.4, 0.5) is 5.69 Å². The fourth-order valence-corrected chi connectivity index (χ4v) is 1.32. The number of nitrogen functional groups attached to an aromatic ring is 1. The van der Waals surface area contributed by atoms with Crippen molar-refractivity contribution in [3.8, 4) is 11.5 Å². The lowest BCUT2D eigenvalue weighted by atomic mass is 10.1. The molecule has 1 heterocycles. The molecule has 58 valence electrons. The molecular formula is C8H9NO2. The zero-order valence-corrected chi connectivity index (χ0v) is 6.00. The zero-order valence-electron chi connectivity index (χ0n) is 6.00. The van der Waals surface area contributed by atoms with Crippen LogP contribution in [-0.4, -0.2) is 11.7 Å². The molecule has 0 saturated carbocycles. The minimum Gasteiger partial charge on any atom is -0.508 e. The monoisotopic (exact) mass is 151 g/mol. The molecule has 0 spiro atoms. The van der Waals surface area contributed by atoms with E-state index >= 15 is 0 Å². The third-order valence-electron chi connectivity index (χ3n) is 1.80. The number of fused-ring (bicyclic) bond motifs is 1. The predicted molar refractivity (Wildman–Crippen MR) is 41.7 cm³/mol. The lowest BCUT2D eigenvalue weighted by Crippen LogP contribution is -1.91. The molecule has 0 fully saturated rings. The fraction of sp³-hybridized carbons (Fsp3) is 0.250. The minimum atomic E-state index is 0.215. The molecule has 1 aromatic rings. The highest BCUT2D eigenvalue weighted by Crippen LogP contribution is 2.34. The third kappa shape index (κ3) is 0.888. The Morgan fingerprint density at radius 1 is 1.45 bits per heavy atom. The number of phenolic OH excluding ortho intramolecular Hbond substituents is 1. The number of aromatic hydroxyl groups is 1. The lowest BCUT2D eigenvalue weighted by Gasteiger charge is -2.02. The van der Waals surface area contributed by atoms with Gasteiger partial charge in [-0.3, -0.25) is 0 Å². The van der Waals surface area contributed by atoms with Crippen molar-refractivity contribution in [2.75, 3.05) is 12.3 Å². The van der Waals surface area contributed by atoms with Gasteiger partial charge in [0.1, 0.15) is 11.5 Å². The van der Waals surface area contributed by atoms with Crippen LogP contribution in [0.2, 0.25) is 0 Å². The first-order chi connectivity index (χ1) is 5.27. The first-order valence-electron chi connectivity index (χ1n) is 3.51. The first kappa shape index (κ1) is 6.34. The molecule has 1 aromatic carbocycles. The summed E-state index contributed by atoms with van der Waals surface area (Å²) in [6, 6.07) is 3.20. The van der Waals surface area contributed by atoms with Gasteiger partial charge in [-0.1, -0.05) is 0 Å². The van der Waals surface area contributed by atoms with Crippen LogP contribution in [0.5, 0.6) is 11.5 Å². The number of anilines is 1. The summed E-state index contributed by atoms with van der Waals surface area (Å²) in [7, 11) is 0. The summed E-state index contributed by atoms with van der Waals surface area (Å²) in [4.78, 5) is 0. The van der Waals surface area contributed by atoms with E-state index in [-0.39, 0.29) is 5.75 Å². The summed E-state index contributed by atoms with van der Waals surface area (Å²) < 4.78 is 5.25. The second-order valence-corrected chi connectivity index (χ2v) is 2.62. The summed E-state index contributed by atoms with van der Waals surface area (Å²) in [6.45, 7) is 0.670. The number of hydrogen-bond acceptors (Lipinski definition) is 3. The lowest BCUT2D eigenvalue weighted by molar-refractivity contribution is 0.358. The molecule has 3 N–H and O–H groups in total. The smallest absolute Gasteiger partial charge is 0.145 e. The zero-order chi connectivity index (χ0) is 7.84. The topological polar surface area (TPSA) is 55.5 Å². The van der Waals surface area contributed by atoms with Crippen molar-refractivity contribution in [3.05, 3.63) is 17.7 Å². The van der Waals surface area contributed by atoms with E-state index in [0.29, 0.717) is 12.3 Å². The van der Waals surface area contributed by atoms with Crippen molar-refractivity contribution >= 4 is 5.69 Å². The summed E-state index contributed by atoms with van der Waals surface area (Å²) in [5.41, 5.74) is 7.12. The van der Waals surface area contributed by atoms with Crippen molar-refractivity contribution in [1.82, 2.24) is 0 Å². The maximum atomic E-state index is 9.14. The molecule has 11 heavy (non-hydrogen) atoms. The van der Waals surface area contributed by atoms with Crippen LogP contribution in [0.3, 0.4) is 0 Å². The molecule has 0 bridgehead atoms. The van der Waals surface area contributed by atoms with Crippen LogP contribution in [0, 0.1) is 0 Å². The highest BCUT2D eigenvalue weighted by atomic mass is 16.5. The summed E-state index contributed by atoms with van der Waals surface area (Å²) >= 11 is 0. The van der Waals surface area contributed by atoms with E-state index < -0.39 is 0 Å². The maximum Gasteiger partial charge on any atom is 0.145 e. The Kier molecular flexibility index (Phi) is 1.18. The van der Waals surface area contributed by atoms with Crippen LogP contribution in [0.1, 0.15) is 5.56 Å². The van der Waals surface area contributed by atoms with E-state index in [2.05, 4.69) is 0 Å². The predicted octanol–water partition coefficient (Wildman–Crippen LogP) is 0.909. The standard InChI is InChI=1S/C8H9NO2/c9-7-4-6(10)3-5-1-2-11-8(5)7/h3-4,10H,1-2,9H2. The summed E-state index contributed by atoms with van der Waals surface area (Å²) in [5.74, 6) is 0.953. The molecule has 0 saturated heterocycles. The van der Waals surface area contributed by atoms with Crippen molar-refractivity contribution < 1.29 is 9.84 Å². The molecule has 0 aliphatic carbocycles. The first-order valence-corrected chi connectivity index (χ1v) is 3.51. The van der Waals surface area contributed by atoms with Gasteiger partial charge in [0.2, 0.25) is 0 Å². The van der Waals surface area contributed by atoms with E-state index in [0.717, 1.165) is 17.7 Å². The summed E-state index contributed by atoms with van der Waals surface area (Å²) in [6.07, 6.45) is 0.841. The van der Waals surface area contributed by atoms with Gasteiger partial charge in [-0.05, 0) is 6.07 Å². The quantitative estimate of drug-likeness (QED) is 0.542. The van der Waals surface area contributed by atoms with Gasteiger partial charge in [-0.25, -0.2) is 0 Å². The normalized spacial score (nSPS) is 14.2. The van der Waals surface area contributed by atoms with E-state index in [1.165, 1.54) is 6.07 Å². The average molecular weight is 151 g/mol. The molecule has 0 atom stereocenters. The minimum absolute atomic E-state index is 0.215. The van der Waals surface area contributed by atoms with E-state index in [4.69, 9.17) is 15.6 Å². The summed E-state index contributed by atoms with van der Waals surface area (Å²) in [5, 5.41) is 9.14. The molecule has 0 unspecified atom stereocenters. The number of rotatable bonds is 0. The Morgan fingerprint density at radius 2 is 2.27 bits per heavy atom. The number of nitrogens with two attached hydrogens (primary N) is 1. The highest BCUT2D eigenvalue weighted by Gasteiger charge is 2.15. The van der Waals surface area contributed by atoms with E-state index in [1.54, 1.807) is 6.07 Å². The SMILES string of the molecule is Nc1cc(O)cc2c1OCC2. The van der Waals surface area contributed by atoms with Gasteiger partial charge in [-0.15, -0.1) is 0 Å². The fourth-order valence-electron chi connectivity index (χ4n) is 1.32. The van der Waals surface area contributed by atoms with Gasteiger partial charge >= 0.3 is 0 Å². The second kappa shape index (κ2) is 2.05. The molecule has 1 aliphatic rings. The van der Waals surface area contributed by atoms with Gasteiger partial charge in [0.15, 0.2) is 0 Å². The molecular weight excluding hydrogens is 142 g/mol. The van der Waals surface area contributed by atoms with Crippen LogP contribution in [0.15, 0.2) is 12.1 Å². The number of phenols is 1. The molecule has 0 aromatic heterocycles. The molecule has 0 amide bonds.